The zero-order chi connectivity index (χ0) is 29.5. The van der Waals surface area contributed by atoms with Gasteiger partial charge in [-0.25, -0.2) is 9.97 Å². The zero-order valence-electron chi connectivity index (χ0n) is 24.0. The number of nitrogens with zero attached hydrogens (tertiary/aromatic N) is 3. The van der Waals surface area contributed by atoms with E-state index >= 15 is 0 Å². The number of hydrogen-bond acceptors (Lipinski definition) is 4. The first kappa shape index (κ1) is 24.3. The summed E-state index contributed by atoms with van der Waals surface area (Å²) in [5, 5.41) is 10.1. The van der Waals surface area contributed by atoms with Crippen molar-refractivity contribution in [1.29, 1.82) is 0 Å². The minimum atomic E-state index is 0.879. The molecule has 45 heavy (non-hydrogen) atoms. The molecule has 0 spiro atoms. The molecule has 4 aromatic heterocycles. The molecule has 0 bridgehead atoms. The van der Waals surface area contributed by atoms with Gasteiger partial charge in [-0.05, 0) is 46.5 Å². The van der Waals surface area contributed by atoms with Gasteiger partial charge in [-0.15, -0.1) is 0 Å². The van der Waals surface area contributed by atoms with Crippen LogP contribution in [0.2, 0.25) is 0 Å². The molecule has 4 heterocycles. The molecule has 4 heteroatoms. The largest absolute Gasteiger partial charge is 0.456 e. The fourth-order valence-corrected chi connectivity index (χ4v) is 7.07. The molecule has 6 aromatic carbocycles. The summed E-state index contributed by atoms with van der Waals surface area (Å²) in [7, 11) is 0. The molecule has 0 amide bonds. The second-order valence-corrected chi connectivity index (χ2v) is 11.6. The average molecular weight is 574 g/mol. The lowest BCUT2D eigenvalue weighted by Crippen LogP contribution is -1.93. The maximum Gasteiger partial charge on any atom is 0.136 e. The summed E-state index contributed by atoms with van der Waals surface area (Å²) in [6.45, 7) is 0. The van der Waals surface area contributed by atoms with E-state index in [-0.39, 0.29) is 0 Å². The van der Waals surface area contributed by atoms with Crippen LogP contribution in [0.25, 0.3) is 98.7 Å². The monoisotopic (exact) mass is 573 g/mol. The van der Waals surface area contributed by atoms with Gasteiger partial charge in [-0.2, -0.15) is 0 Å². The van der Waals surface area contributed by atoms with Crippen molar-refractivity contribution >= 4 is 76.2 Å². The second-order valence-electron chi connectivity index (χ2n) is 11.6. The molecule has 0 fully saturated rings. The molecule has 0 N–H and O–H groups in total. The smallest absolute Gasteiger partial charge is 0.136 e. The first-order valence-electron chi connectivity index (χ1n) is 15.1. The predicted octanol–water partition coefficient (Wildman–Crippen LogP) is 10.9. The summed E-state index contributed by atoms with van der Waals surface area (Å²) < 4.78 is 6.25. The number of pyridine rings is 3. The summed E-state index contributed by atoms with van der Waals surface area (Å²) in [5.74, 6) is 0. The minimum absolute atomic E-state index is 0.879. The Morgan fingerprint density at radius 2 is 1.11 bits per heavy atom. The molecule has 208 valence electrons. The van der Waals surface area contributed by atoms with Crippen LogP contribution in [0.5, 0.6) is 0 Å². The van der Waals surface area contributed by atoms with Gasteiger partial charge >= 0.3 is 0 Å². The Kier molecular flexibility index (Phi) is 4.96. The summed E-state index contributed by atoms with van der Waals surface area (Å²) >= 11 is 0. The average Bonchev–Trinajstić information content (AvgIpc) is 3.49. The van der Waals surface area contributed by atoms with E-state index in [1.54, 1.807) is 0 Å². The molecule has 0 aliphatic rings. The lowest BCUT2D eigenvalue weighted by Gasteiger charge is -2.15. The molecular formula is C41H23N3O. The van der Waals surface area contributed by atoms with Gasteiger partial charge in [0.05, 0.1) is 27.9 Å². The van der Waals surface area contributed by atoms with Gasteiger partial charge < -0.3 is 4.42 Å². The van der Waals surface area contributed by atoms with Crippen molar-refractivity contribution in [3.8, 4) is 22.5 Å². The fraction of sp³-hybridized carbons (Fsp3) is 0. The van der Waals surface area contributed by atoms with E-state index in [1.165, 1.54) is 5.39 Å². The molecule has 0 unspecified atom stereocenters. The SMILES string of the molecule is c1cnc2c(c1)ccc1ccc(-c3ccc(-c4nc5ccc6oc7ccccc7c6c5c5ccccc45)c4ccccc34)nc12. The van der Waals surface area contributed by atoms with Crippen molar-refractivity contribution in [2.45, 2.75) is 0 Å². The van der Waals surface area contributed by atoms with Crippen LogP contribution in [0.15, 0.2) is 144 Å². The van der Waals surface area contributed by atoms with Crippen molar-refractivity contribution in [2.24, 2.45) is 0 Å². The van der Waals surface area contributed by atoms with Crippen LogP contribution in [-0.2, 0) is 0 Å². The van der Waals surface area contributed by atoms with E-state index in [4.69, 9.17) is 14.4 Å². The summed E-state index contributed by atoms with van der Waals surface area (Å²) in [6.07, 6.45) is 1.83. The van der Waals surface area contributed by atoms with E-state index in [0.717, 1.165) is 93.3 Å². The standard InChI is InChI=1S/C41H23N3O/c1-2-10-27-26(9-1)28(33-20-17-25-16-15-24-8-7-23-42-39(24)40(25)43-33)18-19-31(27)41-30-12-4-3-11-29(30)37-34(44-41)21-22-36-38(37)32-13-5-6-14-35(32)45-36/h1-23H. The van der Waals surface area contributed by atoms with Gasteiger partial charge in [0.2, 0.25) is 0 Å². The third-order valence-corrected chi connectivity index (χ3v) is 9.09. The van der Waals surface area contributed by atoms with Gasteiger partial charge in [0.25, 0.3) is 0 Å². The van der Waals surface area contributed by atoms with Crippen molar-refractivity contribution in [3.63, 3.8) is 0 Å². The number of aromatic nitrogens is 3. The number of furan rings is 1. The molecule has 0 aliphatic carbocycles. The van der Waals surface area contributed by atoms with Gasteiger partial charge in [-0.1, -0.05) is 103 Å². The highest BCUT2D eigenvalue weighted by molar-refractivity contribution is 6.27. The Balaban J connectivity index is 1.24. The van der Waals surface area contributed by atoms with Gasteiger partial charge in [-0.3, -0.25) is 4.98 Å². The topological polar surface area (TPSA) is 51.8 Å². The molecule has 0 atom stereocenters. The van der Waals surface area contributed by atoms with Crippen molar-refractivity contribution in [1.82, 2.24) is 15.0 Å². The highest BCUT2D eigenvalue weighted by Gasteiger charge is 2.19. The Hall–Kier alpha value is -6.13. The summed E-state index contributed by atoms with van der Waals surface area (Å²) in [4.78, 5) is 15.2. The number of benzene rings is 6. The van der Waals surface area contributed by atoms with Crippen molar-refractivity contribution < 1.29 is 4.42 Å². The summed E-state index contributed by atoms with van der Waals surface area (Å²) in [6, 6.07) is 46.5. The minimum Gasteiger partial charge on any atom is -0.456 e. The highest BCUT2D eigenvalue weighted by atomic mass is 16.3. The Bertz CT molecular complexity index is 2830. The van der Waals surface area contributed by atoms with Crippen molar-refractivity contribution in [2.75, 3.05) is 0 Å². The molecule has 4 nitrogen and oxygen atoms in total. The van der Waals surface area contributed by atoms with Gasteiger partial charge in [0.15, 0.2) is 0 Å². The third kappa shape index (κ3) is 3.51. The molecule has 0 radical (unpaired) electrons. The number of hydrogen-bond donors (Lipinski definition) is 0. The van der Waals surface area contributed by atoms with Crippen LogP contribution in [0.3, 0.4) is 0 Å². The van der Waals surface area contributed by atoms with Crippen molar-refractivity contribution in [3.05, 3.63) is 140 Å². The first-order valence-corrected chi connectivity index (χ1v) is 15.1. The lowest BCUT2D eigenvalue weighted by atomic mass is 9.92. The lowest BCUT2D eigenvalue weighted by molar-refractivity contribution is 0.669. The van der Waals surface area contributed by atoms with Gasteiger partial charge in [0, 0.05) is 49.6 Å². The Morgan fingerprint density at radius 1 is 0.422 bits per heavy atom. The number of para-hydroxylation sites is 1. The summed E-state index contributed by atoms with van der Waals surface area (Å²) in [5.41, 5.74) is 8.63. The van der Waals surface area contributed by atoms with Crippen LogP contribution in [0, 0.1) is 0 Å². The van der Waals surface area contributed by atoms with E-state index in [9.17, 15) is 0 Å². The Morgan fingerprint density at radius 3 is 1.98 bits per heavy atom. The number of rotatable bonds is 2. The van der Waals surface area contributed by atoms with Crippen LogP contribution in [0.4, 0.5) is 0 Å². The molecule has 10 rings (SSSR count). The van der Waals surface area contributed by atoms with Gasteiger partial charge in [0.1, 0.15) is 11.2 Å². The normalized spacial score (nSPS) is 12.0. The van der Waals surface area contributed by atoms with E-state index in [0.29, 0.717) is 0 Å². The maximum absolute atomic E-state index is 6.25. The molecule has 0 saturated heterocycles. The van der Waals surface area contributed by atoms with E-state index in [2.05, 4.69) is 114 Å². The molecular weight excluding hydrogens is 550 g/mol. The maximum atomic E-state index is 6.25. The fourth-order valence-electron chi connectivity index (χ4n) is 7.07. The van der Waals surface area contributed by atoms with Crippen LogP contribution in [0.1, 0.15) is 0 Å². The van der Waals surface area contributed by atoms with Crippen LogP contribution in [-0.4, -0.2) is 15.0 Å². The second kappa shape index (κ2) is 9.18. The predicted molar refractivity (Wildman–Crippen MR) is 186 cm³/mol. The molecule has 0 aliphatic heterocycles. The third-order valence-electron chi connectivity index (χ3n) is 9.09. The van der Waals surface area contributed by atoms with E-state index in [1.807, 2.05) is 30.5 Å². The highest BCUT2D eigenvalue weighted by Crippen LogP contribution is 2.42. The van der Waals surface area contributed by atoms with E-state index < -0.39 is 0 Å². The quantitative estimate of drug-likeness (QED) is 0.193. The van der Waals surface area contributed by atoms with Crippen LogP contribution < -0.4 is 0 Å². The zero-order valence-corrected chi connectivity index (χ0v) is 24.0. The number of fused-ring (bicyclic) bond motifs is 11. The first-order chi connectivity index (χ1) is 22.3. The molecule has 10 aromatic rings. The molecule has 0 saturated carbocycles. The Labute approximate surface area is 257 Å². The van der Waals surface area contributed by atoms with Crippen LogP contribution >= 0.6 is 0 Å².